The molecule has 0 aliphatic heterocycles. The third-order valence-corrected chi connectivity index (χ3v) is 5.21. The molecule has 0 atom stereocenters. The van der Waals surface area contributed by atoms with Crippen molar-refractivity contribution in [2.45, 2.75) is 26.2 Å². The molecule has 3 aromatic rings. The first kappa shape index (κ1) is 21.7. The molecule has 3 N–H and O–H groups in total. The number of hydrogen-bond donors (Lipinski definition) is 2. The number of nitrogens with two attached hydrogens (primary N) is 1. The zero-order valence-electron chi connectivity index (χ0n) is 16.3. The molecule has 1 heterocycles. The van der Waals surface area contributed by atoms with E-state index in [0.29, 0.717) is 29.1 Å². The Morgan fingerprint density at radius 3 is 2.67 bits per heavy atom. The zero-order valence-corrected chi connectivity index (χ0v) is 17.8. The molecular weight excluding hydrogens is 423 g/mol. The monoisotopic (exact) mass is 442 g/mol. The van der Waals surface area contributed by atoms with E-state index in [1.165, 1.54) is 6.33 Å². The van der Waals surface area contributed by atoms with Gasteiger partial charge in [0, 0.05) is 22.7 Å². The first-order valence-corrected chi connectivity index (χ1v) is 10.1. The fraction of sp³-hybridized carbons (Fsp3) is 0.182. The van der Waals surface area contributed by atoms with Crippen LogP contribution in [0.25, 0.3) is 0 Å². The second-order valence-electron chi connectivity index (χ2n) is 6.81. The van der Waals surface area contributed by atoms with E-state index in [4.69, 9.17) is 28.9 Å². The van der Waals surface area contributed by atoms with E-state index >= 15 is 0 Å². The van der Waals surface area contributed by atoms with Crippen LogP contribution in [0, 0.1) is 6.92 Å². The van der Waals surface area contributed by atoms with Crippen LogP contribution in [0.2, 0.25) is 10.0 Å². The highest BCUT2D eigenvalue weighted by Gasteiger charge is 2.17. The largest absolute Gasteiger partial charge is 0.382 e. The Labute approximate surface area is 184 Å². The lowest BCUT2D eigenvalue weighted by Crippen LogP contribution is -2.16. The number of nitrogens with zero attached hydrogens (tertiary/aromatic N) is 2. The lowest BCUT2D eigenvalue weighted by atomic mass is 10.0. The molecule has 6 nitrogen and oxygen atoms in total. The van der Waals surface area contributed by atoms with Crippen molar-refractivity contribution >= 4 is 46.4 Å². The molecule has 8 heteroatoms. The number of nitrogens with one attached hydrogen (secondary N) is 1. The minimum atomic E-state index is -0.525. The van der Waals surface area contributed by atoms with E-state index in [2.05, 4.69) is 15.3 Å². The maximum absolute atomic E-state index is 12.6. The van der Waals surface area contributed by atoms with Gasteiger partial charge in [-0.05, 0) is 49.1 Å². The van der Waals surface area contributed by atoms with Gasteiger partial charge < -0.3 is 11.1 Å². The number of carbonyl (C=O) groups excluding carboxylic acids is 2. The van der Waals surface area contributed by atoms with Crippen molar-refractivity contribution in [3.8, 4) is 0 Å². The lowest BCUT2D eigenvalue weighted by Gasteiger charge is -2.11. The molecule has 1 amide bonds. The predicted octanol–water partition coefficient (Wildman–Crippen LogP) is 5.13. The Kier molecular flexibility index (Phi) is 7.03. The average molecular weight is 443 g/mol. The highest BCUT2D eigenvalue weighted by atomic mass is 35.5. The fourth-order valence-electron chi connectivity index (χ4n) is 2.94. The quantitative estimate of drug-likeness (QED) is 0.494. The van der Waals surface area contributed by atoms with Gasteiger partial charge in [0.25, 0.3) is 5.91 Å². The van der Waals surface area contributed by atoms with Crippen molar-refractivity contribution in [1.82, 2.24) is 9.97 Å². The minimum Gasteiger partial charge on any atom is -0.382 e. The van der Waals surface area contributed by atoms with Crippen molar-refractivity contribution in [1.29, 1.82) is 0 Å². The topological polar surface area (TPSA) is 98.0 Å². The van der Waals surface area contributed by atoms with Gasteiger partial charge >= 0.3 is 0 Å². The van der Waals surface area contributed by atoms with Gasteiger partial charge in [0.05, 0.1) is 0 Å². The van der Waals surface area contributed by atoms with E-state index in [-0.39, 0.29) is 22.3 Å². The van der Waals surface area contributed by atoms with Crippen molar-refractivity contribution in [2.24, 2.45) is 0 Å². The van der Waals surface area contributed by atoms with E-state index in [9.17, 15) is 9.59 Å². The summed E-state index contributed by atoms with van der Waals surface area (Å²) in [5.74, 6) is -0.503. The van der Waals surface area contributed by atoms with Gasteiger partial charge in [0.15, 0.2) is 11.5 Å². The number of hydrogen-bond acceptors (Lipinski definition) is 5. The summed E-state index contributed by atoms with van der Waals surface area (Å²) in [6, 6.07) is 12.8. The fourth-order valence-corrected chi connectivity index (χ4v) is 3.34. The van der Waals surface area contributed by atoms with Crippen LogP contribution in [0.4, 0.5) is 11.5 Å². The summed E-state index contributed by atoms with van der Waals surface area (Å²) in [6.45, 7) is 1.83. The highest BCUT2D eigenvalue weighted by molar-refractivity contribution is 6.36. The summed E-state index contributed by atoms with van der Waals surface area (Å²) in [6.07, 6.45) is 3.01. The average Bonchev–Trinajstić information content (AvgIpc) is 2.71. The third-order valence-electron chi connectivity index (χ3n) is 4.60. The van der Waals surface area contributed by atoms with Crippen molar-refractivity contribution in [2.75, 3.05) is 11.1 Å². The van der Waals surface area contributed by atoms with Gasteiger partial charge in [-0.3, -0.25) is 9.59 Å². The first-order valence-electron chi connectivity index (χ1n) is 9.31. The van der Waals surface area contributed by atoms with Crippen LogP contribution >= 0.6 is 23.2 Å². The van der Waals surface area contributed by atoms with Crippen LogP contribution in [0.3, 0.4) is 0 Å². The third kappa shape index (κ3) is 5.34. The number of aryl methyl sites for hydroxylation is 2. The molecule has 0 bridgehead atoms. The lowest BCUT2D eigenvalue weighted by molar-refractivity contribution is 0.0977. The van der Waals surface area contributed by atoms with Crippen molar-refractivity contribution < 1.29 is 9.59 Å². The molecule has 0 radical (unpaired) electrons. The summed E-state index contributed by atoms with van der Waals surface area (Å²) >= 11 is 12.0. The number of aromatic nitrogens is 2. The molecule has 1 aromatic heterocycles. The van der Waals surface area contributed by atoms with E-state index < -0.39 is 5.91 Å². The molecule has 3 rings (SSSR count). The predicted molar refractivity (Wildman–Crippen MR) is 119 cm³/mol. The minimum absolute atomic E-state index is 0.00293. The van der Waals surface area contributed by atoms with Gasteiger partial charge in [0.2, 0.25) is 0 Å². The molecule has 154 valence electrons. The van der Waals surface area contributed by atoms with Crippen LogP contribution < -0.4 is 11.1 Å². The maximum Gasteiger partial charge on any atom is 0.276 e. The molecule has 0 spiro atoms. The zero-order chi connectivity index (χ0) is 21.7. The number of halogens is 2. The molecule has 2 aromatic carbocycles. The Morgan fingerprint density at radius 1 is 1.10 bits per heavy atom. The van der Waals surface area contributed by atoms with Gasteiger partial charge in [-0.2, -0.15) is 0 Å². The van der Waals surface area contributed by atoms with Gasteiger partial charge in [-0.25, -0.2) is 9.97 Å². The van der Waals surface area contributed by atoms with Crippen LogP contribution in [-0.4, -0.2) is 21.7 Å². The Bertz CT molecular complexity index is 1100. The second-order valence-corrected chi connectivity index (χ2v) is 7.63. The summed E-state index contributed by atoms with van der Waals surface area (Å²) in [5.41, 5.74) is 8.53. The van der Waals surface area contributed by atoms with Crippen molar-refractivity contribution in [3.63, 3.8) is 0 Å². The number of carbonyl (C=O) groups is 2. The number of nitrogen functional groups attached to an aromatic ring is 1. The summed E-state index contributed by atoms with van der Waals surface area (Å²) < 4.78 is 0. The molecule has 0 saturated heterocycles. The van der Waals surface area contributed by atoms with Crippen LogP contribution in [0.1, 0.15) is 44.8 Å². The number of anilines is 2. The summed E-state index contributed by atoms with van der Waals surface area (Å²) in [4.78, 5) is 32.8. The van der Waals surface area contributed by atoms with Gasteiger partial charge in [-0.1, -0.05) is 47.5 Å². The van der Waals surface area contributed by atoms with Gasteiger partial charge in [0.1, 0.15) is 17.2 Å². The number of amides is 1. The summed E-state index contributed by atoms with van der Waals surface area (Å²) in [5, 5.41) is 3.41. The maximum atomic E-state index is 12.6. The Hall–Kier alpha value is -2.96. The molecule has 0 aliphatic rings. The molecule has 0 saturated carbocycles. The van der Waals surface area contributed by atoms with Crippen LogP contribution in [0.5, 0.6) is 0 Å². The number of Topliss-reactive ketones (excluding diaryl/α,β-unsaturated/α-hetero) is 1. The van der Waals surface area contributed by atoms with Crippen LogP contribution in [0.15, 0.2) is 48.8 Å². The normalized spacial score (nSPS) is 10.6. The number of rotatable bonds is 7. The van der Waals surface area contributed by atoms with E-state index in [1.54, 1.807) is 18.2 Å². The molecule has 0 aliphatic carbocycles. The Morgan fingerprint density at radius 2 is 1.90 bits per heavy atom. The first-order chi connectivity index (χ1) is 14.3. The highest BCUT2D eigenvalue weighted by Crippen LogP contribution is 2.23. The molecule has 30 heavy (non-hydrogen) atoms. The second kappa shape index (κ2) is 9.69. The standard InChI is InChI=1S/C22H20Cl2N4O2/c1-13-8-9-15(18(29)7-3-5-14-4-2-6-16(23)10-14)11-17(13)28-22(30)20-19(24)21(25)27-12-26-20/h2,4,6,8-12H,3,5,7H2,1H3,(H,28,30)(H2,25,26,27). The number of benzene rings is 2. The molecule has 0 unspecified atom stereocenters. The summed E-state index contributed by atoms with van der Waals surface area (Å²) in [7, 11) is 0. The van der Waals surface area contributed by atoms with E-state index in [1.807, 2.05) is 31.2 Å². The van der Waals surface area contributed by atoms with Crippen LogP contribution in [-0.2, 0) is 6.42 Å². The van der Waals surface area contributed by atoms with Gasteiger partial charge in [-0.15, -0.1) is 0 Å². The molecular formula is C22H20Cl2N4O2. The smallest absolute Gasteiger partial charge is 0.276 e. The SMILES string of the molecule is Cc1ccc(C(=O)CCCc2cccc(Cl)c2)cc1NC(=O)c1ncnc(N)c1Cl. The van der Waals surface area contributed by atoms with E-state index in [0.717, 1.165) is 17.5 Å². The van der Waals surface area contributed by atoms with Crippen molar-refractivity contribution in [3.05, 3.63) is 81.2 Å². The number of ketones is 1. The molecule has 0 fully saturated rings. The Balaban J connectivity index is 1.67.